The van der Waals surface area contributed by atoms with Crippen molar-refractivity contribution in [2.75, 3.05) is 7.11 Å². The Hall–Kier alpha value is -1.35. The van der Waals surface area contributed by atoms with Crippen LogP contribution in [0.15, 0.2) is 24.3 Å². The predicted octanol–water partition coefficient (Wildman–Crippen LogP) is 1.42. The largest absolute Gasteiger partial charge is 0.465 e. The SMILES string of the molecule is COC(=O)c1ccccc1C1(N)CC1. The molecule has 2 rings (SSSR count). The number of carbonyl (C=O) groups excluding carboxylic acids is 1. The van der Waals surface area contributed by atoms with Gasteiger partial charge in [0.15, 0.2) is 0 Å². The molecule has 0 amide bonds. The second-order valence-corrected chi connectivity index (χ2v) is 3.69. The van der Waals surface area contributed by atoms with Crippen molar-refractivity contribution in [3.8, 4) is 0 Å². The summed E-state index contributed by atoms with van der Waals surface area (Å²) in [6.07, 6.45) is 1.89. The molecule has 0 radical (unpaired) electrons. The van der Waals surface area contributed by atoms with Crippen LogP contribution in [0, 0.1) is 0 Å². The van der Waals surface area contributed by atoms with Gasteiger partial charge in [-0.3, -0.25) is 0 Å². The molecule has 0 aliphatic heterocycles. The molecule has 0 aromatic heterocycles. The van der Waals surface area contributed by atoms with E-state index in [0.29, 0.717) is 5.56 Å². The first-order valence-corrected chi connectivity index (χ1v) is 4.64. The van der Waals surface area contributed by atoms with Gasteiger partial charge in [0, 0.05) is 5.54 Å². The van der Waals surface area contributed by atoms with E-state index in [-0.39, 0.29) is 11.5 Å². The molecule has 1 aliphatic carbocycles. The zero-order valence-electron chi connectivity index (χ0n) is 8.12. The van der Waals surface area contributed by atoms with Crippen LogP contribution in [0.2, 0.25) is 0 Å². The van der Waals surface area contributed by atoms with Gasteiger partial charge < -0.3 is 10.5 Å². The third-order valence-corrected chi connectivity index (χ3v) is 2.66. The standard InChI is InChI=1S/C11H13NO2/c1-14-10(13)8-4-2-3-5-9(8)11(12)6-7-11/h2-5H,6-7,12H2,1H3. The van der Waals surface area contributed by atoms with Gasteiger partial charge in [-0.15, -0.1) is 0 Å². The maximum Gasteiger partial charge on any atom is 0.338 e. The van der Waals surface area contributed by atoms with Crippen LogP contribution in [0.3, 0.4) is 0 Å². The Labute approximate surface area is 82.9 Å². The summed E-state index contributed by atoms with van der Waals surface area (Å²) in [6.45, 7) is 0. The highest BCUT2D eigenvalue weighted by Gasteiger charge is 2.42. The number of rotatable bonds is 2. The van der Waals surface area contributed by atoms with Crippen LogP contribution in [0.1, 0.15) is 28.8 Å². The third kappa shape index (κ3) is 1.40. The van der Waals surface area contributed by atoms with Crippen LogP contribution >= 0.6 is 0 Å². The molecule has 2 N–H and O–H groups in total. The highest BCUT2D eigenvalue weighted by Crippen LogP contribution is 2.44. The van der Waals surface area contributed by atoms with Gasteiger partial charge in [-0.25, -0.2) is 4.79 Å². The fourth-order valence-electron chi connectivity index (χ4n) is 1.61. The van der Waals surface area contributed by atoms with Crippen molar-refractivity contribution in [1.29, 1.82) is 0 Å². The first-order chi connectivity index (χ1) is 6.67. The lowest BCUT2D eigenvalue weighted by molar-refractivity contribution is 0.0598. The van der Waals surface area contributed by atoms with Crippen molar-refractivity contribution in [3.05, 3.63) is 35.4 Å². The van der Waals surface area contributed by atoms with Crippen LogP contribution in [0.4, 0.5) is 0 Å². The van der Waals surface area contributed by atoms with Crippen LogP contribution < -0.4 is 5.73 Å². The fraction of sp³-hybridized carbons (Fsp3) is 0.364. The summed E-state index contributed by atoms with van der Waals surface area (Å²) in [5.41, 5.74) is 7.27. The molecule has 0 atom stereocenters. The van der Waals surface area contributed by atoms with E-state index in [4.69, 9.17) is 10.5 Å². The average molecular weight is 191 g/mol. The molecular formula is C11H13NO2. The molecule has 1 aromatic rings. The van der Waals surface area contributed by atoms with E-state index in [1.165, 1.54) is 7.11 Å². The van der Waals surface area contributed by atoms with E-state index in [0.717, 1.165) is 18.4 Å². The molecule has 0 spiro atoms. The number of benzene rings is 1. The normalized spacial score (nSPS) is 17.6. The Balaban J connectivity index is 2.44. The second-order valence-electron chi connectivity index (χ2n) is 3.69. The van der Waals surface area contributed by atoms with E-state index >= 15 is 0 Å². The Morgan fingerprint density at radius 2 is 2.07 bits per heavy atom. The van der Waals surface area contributed by atoms with Gasteiger partial charge in [-0.2, -0.15) is 0 Å². The molecule has 1 saturated carbocycles. The number of methoxy groups -OCH3 is 1. The fourth-order valence-corrected chi connectivity index (χ4v) is 1.61. The summed E-state index contributed by atoms with van der Waals surface area (Å²) in [5, 5.41) is 0. The molecule has 0 unspecified atom stereocenters. The van der Waals surface area contributed by atoms with Crippen molar-refractivity contribution < 1.29 is 9.53 Å². The van der Waals surface area contributed by atoms with Gasteiger partial charge in [0.25, 0.3) is 0 Å². The lowest BCUT2D eigenvalue weighted by atomic mass is 9.99. The quantitative estimate of drug-likeness (QED) is 0.719. The Morgan fingerprint density at radius 3 is 2.64 bits per heavy atom. The molecule has 0 heterocycles. The molecule has 3 heteroatoms. The van der Waals surface area contributed by atoms with Crippen molar-refractivity contribution in [1.82, 2.24) is 0 Å². The first-order valence-electron chi connectivity index (χ1n) is 4.64. The molecule has 1 fully saturated rings. The van der Waals surface area contributed by atoms with Crippen molar-refractivity contribution >= 4 is 5.97 Å². The van der Waals surface area contributed by atoms with Gasteiger partial charge in [-0.05, 0) is 24.5 Å². The Bertz CT molecular complexity index is 369. The van der Waals surface area contributed by atoms with Gasteiger partial charge in [0.05, 0.1) is 12.7 Å². The predicted molar refractivity (Wildman–Crippen MR) is 52.9 cm³/mol. The van der Waals surface area contributed by atoms with Crippen molar-refractivity contribution in [2.24, 2.45) is 5.73 Å². The van der Waals surface area contributed by atoms with Gasteiger partial charge in [0.2, 0.25) is 0 Å². The number of esters is 1. The Morgan fingerprint density at radius 1 is 1.43 bits per heavy atom. The van der Waals surface area contributed by atoms with Gasteiger partial charge in [0.1, 0.15) is 0 Å². The molecule has 0 saturated heterocycles. The number of carbonyl (C=O) groups is 1. The number of hydrogen-bond acceptors (Lipinski definition) is 3. The van der Waals surface area contributed by atoms with Crippen LogP contribution in [-0.4, -0.2) is 13.1 Å². The van der Waals surface area contributed by atoms with Crippen LogP contribution in [0.25, 0.3) is 0 Å². The molecule has 14 heavy (non-hydrogen) atoms. The second kappa shape index (κ2) is 3.10. The molecular weight excluding hydrogens is 178 g/mol. The maximum atomic E-state index is 11.4. The summed E-state index contributed by atoms with van der Waals surface area (Å²) < 4.78 is 4.71. The number of nitrogens with two attached hydrogens (primary N) is 1. The minimum atomic E-state index is -0.308. The van der Waals surface area contributed by atoms with Crippen LogP contribution in [0.5, 0.6) is 0 Å². The minimum absolute atomic E-state index is 0.287. The summed E-state index contributed by atoms with van der Waals surface area (Å²) >= 11 is 0. The number of hydrogen-bond donors (Lipinski definition) is 1. The lowest BCUT2D eigenvalue weighted by Crippen LogP contribution is -2.22. The molecule has 1 aromatic carbocycles. The highest BCUT2D eigenvalue weighted by molar-refractivity contribution is 5.91. The highest BCUT2D eigenvalue weighted by atomic mass is 16.5. The molecule has 0 bridgehead atoms. The summed E-state index contributed by atoms with van der Waals surface area (Å²) in [5.74, 6) is -0.308. The molecule has 74 valence electrons. The lowest BCUT2D eigenvalue weighted by Gasteiger charge is -2.12. The van der Waals surface area contributed by atoms with Crippen molar-refractivity contribution in [2.45, 2.75) is 18.4 Å². The molecule has 1 aliphatic rings. The third-order valence-electron chi connectivity index (χ3n) is 2.66. The van der Waals surface area contributed by atoms with E-state index < -0.39 is 0 Å². The van der Waals surface area contributed by atoms with E-state index in [1.54, 1.807) is 6.07 Å². The van der Waals surface area contributed by atoms with Crippen molar-refractivity contribution in [3.63, 3.8) is 0 Å². The number of ether oxygens (including phenoxy) is 1. The monoisotopic (exact) mass is 191 g/mol. The van der Waals surface area contributed by atoms with E-state index in [9.17, 15) is 4.79 Å². The van der Waals surface area contributed by atoms with Gasteiger partial charge >= 0.3 is 5.97 Å². The summed E-state index contributed by atoms with van der Waals surface area (Å²) in [4.78, 5) is 11.4. The topological polar surface area (TPSA) is 52.3 Å². The van der Waals surface area contributed by atoms with Crippen LogP contribution in [-0.2, 0) is 10.3 Å². The molecule has 3 nitrogen and oxygen atoms in total. The average Bonchev–Trinajstić information content (AvgIpc) is 2.97. The summed E-state index contributed by atoms with van der Waals surface area (Å²) in [7, 11) is 1.38. The van der Waals surface area contributed by atoms with E-state index in [1.807, 2.05) is 18.2 Å². The summed E-state index contributed by atoms with van der Waals surface area (Å²) in [6, 6.07) is 7.38. The Kier molecular flexibility index (Phi) is 2.04. The maximum absolute atomic E-state index is 11.4. The smallest absolute Gasteiger partial charge is 0.338 e. The van der Waals surface area contributed by atoms with Gasteiger partial charge in [-0.1, -0.05) is 18.2 Å². The minimum Gasteiger partial charge on any atom is -0.465 e. The zero-order chi connectivity index (χ0) is 10.2. The first kappa shape index (κ1) is 9.21. The zero-order valence-corrected chi connectivity index (χ0v) is 8.12. The van der Waals surface area contributed by atoms with E-state index in [2.05, 4.69) is 0 Å².